The van der Waals surface area contributed by atoms with E-state index in [0.29, 0.717) is 18.1 Å². The summed E-state index contributed by atoms with van der Waals surface area (Å²) in [7, 11) is 1.63. The third-order valence-corrected chi connectivity index (χ3v) is 2.24. The van der Waals surface area contributed by atoms with Gasteiger partial charge >= 0.3 is 0 Å². The van der Waals surface area contributed by atoms with E-state index in [1.165, 1.54) is 0 Å². The molecule has 1 rings (SSSR count). The van der Waals surface area contributed by atoms with Crippen LogP contribution in [-0.4, -0.2) is 20.0 Å². The van der Waals surface area contributed by atoms with Gasteiger partial charge in [0.25, 0.3) is 0 Å². The van der Waals surface area contributed by atoms with E-state index in [2.05, 4.69) is 0 Å². The van der Waals surface area contributed by atoms with Gasteiger partial charge in [-0.2, -0.15) is 0 Å². The monoisotopic (exact) mass is 236 g/mol. The molecule has 3 nitrogen and oxygen atoms in total. The molecule has 0 heterocycles. The molecule has 1 aromatic rings. The number of hydrogen-bond donors (Lipinski definition) is 0. The highest BCUT2D eigenvalue weighted by atomic mass is 16.7. The molecule has 0 saturated heterocycles. The zero-order chi connectivity index (χ0) is 12.7. The smallest absolute Gasteiger partial charge is 0.197 e. The van der Waals surface area contributed by atoms with E-state index in [4.69, 9.17) is 14.2 Å². The van der Waals surface area contributed by atoms with Crippen LogP contribution in [0.3, 0.4) is 0 Å². The molecule has 1 atom stereocenters. The number of methoxy groups -OCH3 is 1. The van der Waals surface area contributed by atoms with Gasteiger partial charge in [-0.05, 0) is 38.5 Å². The molecular weight excluding hydrogens is 216 g/mol. The van der Waals surface area contributed by atoms with Crippen LogP contribution in [0.2, 0.25) is 0 Å². The summed E-state index contributed by atoms with van der Waals surface area (Å²) in [4.78, 5) is 0. The largest absolute Gasteiger partial charge is 0.493 e. The lowest BCUT2D eigenvalue weighted by Gasteiger charge is -2.16. The Morgan fingerprint density at radius 3 is 2.65 bits per heavy atom. The molecule has 0 aliphatic rings. The van der Waals surface area contributed by atoms with E-state index in [-0.39, 0.29) is 6.29 Å². The van der Waals surface area contributed by atoms with Crippen LogP contribution in [0.5, 0.6) is 11.5 Å². The average molecular weight is 236 g/mol. The van der Waals surface area contributed by atoms with Gasteiger partial charge in [-0.1, -0.05) is 18.2 Å². The van der Waals surface area contributed by atoms with Crippen molar-refractivity contribution < 1.29 is 14.2 Å². The molecule has 0 N–H and O–H groups in total. The van der Waals surface area contributed by atoms with Gasteiger partial charge in [-0.15, -0.1) is 0 Å². The summed E-state index contributed by atoms with van der Waals surface area (Å²) in [5, 5.41) is 0. The maximum atomic E-state index is 5.64. The van der Waals surface area contributed by atoms with Gasteiger partial charge in [0.2, 0.25) is 0 Å². The molecule has 1 unspecified atom stereocenters. The minimum Gasteiger partial charge on any atom is -0.493 e. The maximum Gasteiger partial charge on any atom is 0.197 e. The van der Waals surface area contributed by atoms with Crippen LogP contribution in [0.4, 0.5) is 0 Å². The van der Waals surface area contributed by atoms with Crippen LogP contribution >= 0.6 is 0 Å². The summed E-state index contributed by atoms with van der Waals surface area (Å²) in [6.45, 7) is 6.41. The molecule has 0 amide bonds. The number of hydrogen-bond acceptors (Lipinski definition) is 3. The highest BCUT2D eigenvalue weighted by molar-refractivity contribution is 5.55. The molecule has 0 spiro atoms. The summed E-state index contributed by atoms with van der Waals surface area (Å²) in [6, 6.07) is 5.81. The van der Waals surface area contributed by atoms with Crippen LogP contribution in [-0.2, 0) is 4.74 Å². The second-order valence-electron chi connectivity index (χ2n) is 3.55. The van der Waals surface area contributed by atoms with E-state index in [1.807, 2.05) is 51.1 Å². The Hall–Kier alpha value is -1.48. The van der Waals surface area contributed by atoms with Crippen molar-refractivity contribution in [1.29, 1.82) is 0 Å². The lowest BCUT2D eigenvalue weighted by Crippen LogP contribution is -2.16. The summed E-state index contributed by atoms with van der Waals surface area (Å²) in [5.74, 6) is 1.41. The van der Waals surface area contributed by atoms with E-state index < -0.39 is 0 Å². The number of allylic oxidation sites excluding steroid dienone is 1. The number of benzene rings is 1. The zero-order valence-corrected chi connectivity index (χ0v) is 10.9. The summed E-state index contributed by atoms with van der Waals surface area (Å²) in [5.41, 5.74) is 1.08. The van der Waals surface area contributed by atoms with Gasteiger partial charge in [-0.25, -0.2) is 0 Å². The fourth-order valence-electron chi connectivity index (χ4n) is 1.53. The Kier molecular flexibility index (Phi) is 5.57. The highest BCUT2D eigenvalue weighted by Gasteiger charge is 2.08. The zero-order valence-electron chi connectivity index (χ0n) is 10.9. The quantitative estimate of drug-likeness (QED) is 0.708. The molecule has 3 heteroatoms. The van der Waals surface area contributed by atoms with Crippen molar-refractivity contribution in [3.8, 4) is 11.5 Å². The number of rotatable bonds is 6. The molecule has 17 heavy (non-hydrogen) atoms. The molecule has 0 fully saturated rings. The summed E-state index contributed by atoms with van der Waals surface area (Å²) >= 11 is 0. The van der Waals surface area contributed by atoms with E-state index in [0.717, 1.165) is 5.56 Å². The Bertz CT molecular complexity index is 372. The van der Waals surface area contributed by atoms with Gasteiger partial charge < -0.3 is 14.2 Å². The van der Waals surface area contributed by atoms with Crippen molar-refractivity contribution in [2.45, 2.75) is 27.1 Å². The third kappa shape index (κ3) is 4.11. The van der Waals surface area contributed by atoms with Crippen LogP contribution in [0.1, 0.15) is 26.3 Å². The molecule has 1 aromatic carbocycles. The molecule has 0 aromatic heterocycles. The summed E-state index contributed by atoms with van der Waals surface area (Å²) < 4.78 is 16.3. The van der Waals surface area contributed by atoms with Gasteiger partial charge in [0.15, 0.2) is 17.8 Å². The van der Waals surface area contributed by atoms with Gasteiger partial charge in [0.1, 0.15) is 0 Å². The van der Waals surface area contributed by atoms with Crippen LogP contribution in [0, 0.1) is 0 Å². The fourth-order valence-corrected chi connectivity index (χ4v) is 1.53. The Morgan fingerprint density at radius 1 is 1.29 bits per heavy atom. The van der Waals surface area contributed by atoms with E-state index >= 15 is 0 Å². The normalized spacial score (nSPS) is 12.7. The molecule has 0 aliphatic carbocycles. The standard InChI is InChI=1S/C14H20O3/c1-5-7-12-8-9-13(14(10-12)15-4)17-11(3)16-6-2/h5,7-11H,6H2,1-4H3/b7-5+. The highest BCUT2D eigenvalue weighted by Crippen LogP contribution is 2.29. The maximum absolute atomic E-state index is 5.64. The second-order valence-corrected chi connectivity index (χ2v) is 3.55. The first-order chi connectivity index (χ1) is 8.21. The predicted molar refractivity (Wildman–Crippen MR) is 69.4 cm³/mol. The lowest BCUT2D eigenvalue weighted by atomic mass is 10.2. The van der Waals surface area contributed by atoms with Crippen molar-refractivity contribution in [2.24, 2.45) is 0 Å². The van der Waals surface area contributed by atoms with Crippen molar-refractivity contribution in [1.82, 2.24) is 0 Å². The lowest BCUT2D eigenvalue weighted by molar-refractivity contribution is -0.0623. The van der Waals surface area contributed by atoms with Crippen LogP contribution in [0.15, 0.2) is 24.3 Å². The summed E-state index contributed by atoms with van der Waals surface area (Å²) in [6.07, 6.45) is 3.72. The fraction of sp³-hybridized carbons (Fsp3) is 0.429. The molecule has 0 radical (unpaired) electrons. The first-order valence-electron chi connectivity index (χ1n) is 5.80. The van der Waals surface area contributed by atoms with Gasteiger partial charge in [-0.3, -0.25) is 0 Å². The topological polar surface area (TPSA) is 27.7 Å². The van der Waals surface area contributed by atoms with Gasteiger partial charge in [0, 0.05) is 6.61 Å². The van der Waals surface area contributed by atoms with E-state index in [9.17, 15) is 0 Å². The van der Waals surface area contributed by atoms with Crippen LogP contribution in [0.25, 0.3) is 6.08 Å². The van der Waals surface area contributed by atoms with Crippen molar-refractivity contribution in [3.63, 3.8) is 0 Å². The van der Waals surface area contributed by atoms with Crippen molar-refractivity contribution in [3.05, 3.63) is 29.8 Å². The Balaban J connectivity index is 2.84. The molecular formula is C14H20O3. The average Bonchev–Trinajstić information content (AvgIpc) is 2.31. The molecule has 0 saturated carbocycles. The number of ether oxygens (including phenoxy) is 3. The Morgan fingerprint density at radius 2 is 2.06 bits per heavy atom. The molecule has 0 bridgehead atoms. The first-order valence-corrected chi connectivity index (χ1v) is 5.80. The molecule has 94 valence electrons. The minimum absolute atomic E-state index is 0.276. The van der Waals surface area contributed by atoms with Gasteiger partial charge in [0.05, 0.1) is 7.11 Å². The van der Waals surface area contributed by atoms with E-state index in [1.54, 1.807) is 7.11 Å². The Labute approximate surface area is 103 Å². The van der Waals surface area contributed by atoms with Crippen LogP contribution < -0.4 is 9.47 Å². The third-order valence-electron chi connectivity index (χ3n) is 2.24. The first kappa shape index (κ1) is 13.6. The second kappa shape index (κ2) is 6.97. The SMILES string of the molecule is C/C=C/c1ccc(OC(C)OCC)c(OC)c1. The van der Waals surface area contributed by atoms with Crippen molar-refractivity contribution in [2.75, 3.05) is 13.7 Å². The van der Waals surface area contributed by atoms with Crippen molar-refractivity contribution >= 4 is 6.08 Å². The molecule has 0 aliphatic heterocycles. The predicted octanol–water partition coefficient (Wildman–Crippen LogP) is 3.49. The minimum atomic E-state index is -0.276.